The molecule has 0 saturated carbocycles. The lowest BCUT2D eigenvalue weighted by molar-refractivity contribution is -0.118. The van der Waals surface area contributed by atoms with Crippen molar-refractivity contribution < 1.29 is 9.53 Å². The maximum atomic E-state index is 12.3. The van der Waals surface area contributed by atoms with Gasteiger partial charge >= 0.3 is 0 Å². The van der Waals surface area contributed by atoms with Crippen molar-refractivity contribution in [2.45, 2.75) is 0 Å². The predicted octanol–water partition coefficient (Wildman–Crippen LogP) is 7.49. The molecule has 0 atom stereocenters. The van der Waals surface area contributed by atoms with Crippen LogP contribution in [0.4, 0.5) is 5.69 Å². The third-order valence-electron chi connectivity index (χ3n) is 4.11. The van der Waals surface area contributed by atoms with E-state index in [4.69, 9.17) is 39.5 Å². The van der Waals surface area contributed by atoms with Gasteiger partial charge in [-0.3, -0.25) is 4.79 Å². The fourth-order valence-corrected chi connectivity index (χ4v) is 3.45. The molecule has 3 aromatic carbocycles. The number of nitriles is 1. The Morgan fingerprint density at radius 3 is 2.45 bits per heavy atom. The molecule has 0 aliphatic carbocycles. The van der Waals surface area contributed by atoms with Gasteiger partial charge in [-0.2, -0.15) is 5.26 Å². The number of allylic oxidation sites excluding steroid dienone is 1. The number of carbonyl (C=O) groups excluding carboxylic acids is 1. The lowest BCUT2D eigenvalue weighted by Crippen LogP contribution is -2.20. The molecule has 0 radical (unpaired) electrons. The SMILES string of the molecule is N#C/C(=C\c1cc(Br)ccc1OCC(=O)Nc1ccc(Cl)c(Cl)c1)c1ccc(Cl)cc1. The van der Waals surface area contributed by atoms with E-state index in [1.54, 1.807) is 66.7 Å². The van der Waals surface area contributed by atoms with Gasteiger partial charge in [-0.05, 0) is 60.2 Å². The Kier molecular flexibility index (Phi) is 8.00. The Morgan fingerprint density at radius 1 is 1.03 bits per heavy atom. The second kappa shape index (κ2) is 10.7. The molecule has 3 rings (SSSR count). The molecule has 3 aromatic rings. The zero-order valence-electron chi connectivity index (χ0n) is 15.8. The van der Waals surface area contributed by atoms with Gasteiger partial charge in [0.15, 0.2) is 6.61 Å². The van der Waals surface area contributed by atoms with Gasteiger partial charge in [-0.1, -0.05) is 62.9 Å². The van der Waals surface area contributed by atoms with E-state index in [0.717, 1.165) is 10.0 Å². The maximum Gasteiger partial charge on any atom is 0.262 e. The van der Waals surface area contributed by atoms with Crippen molar-refractivity contribution in [3.8, 4) is 11.8 Å². The molecular formula is C23H14BrCl3N2O2. The van der Waals surface area contributed by atoms with Crippen molar-refractivity contribution in [1.82, 2.24) is 0 Å². The minimum atomic E-state index is -0.366. The lowest BCUT2D eigenvalue weighted by Gasteiger charge is -2.11. The van der Waals surface area contributed by atoms with E-state index in [-0.39, 0.29) is 12.5 Å². The van der Waals surface area contributed by atoms with Crippen molar-refractivity contribution >= 4 is 74.0 Å². The Labute approximate surface area is 203 Å². The van der Waals surface area contributed by atoms with Crippen LogP contribution in [0.1, 0.15) is 11.1 Å². The van der Waals surface area contributed by atoms with Gasteiger partial charge < -0.3 is 10.1 Å². The summed E-state index contributed by atoms with van der Waals surface area (Å²) in [5, 5.41) is 13.6. The summed E-state index contributed by atoms with van der Waals surface area (Å²) >= 11 is 21.2. The molecule has 0 aliphatic rings. The number of benzene rings is 3. The van der Waals surface area contributed by atoms with E-state index in [2.05, 4.69) is 27.3 Å². The fourth-order valence-electron chi connectivity index (χ4n) is 2.64. The van der Waals surface area contributed by atoms with Gasteiger partial charge in [0.25, 0.3) is 5.91 Å². The second-order valence-corrected chi connectivity index (χ2v) is 8.49. The average molecular weight is 537 g/mol. The van der Waals surface area contributed by atoms with Gasteiger partial charge in [-0.15, -0.1) is 0 Å². The summed E-state index contributed by atoms with van der Waals surface area (Å²) in [6.45, 7) is -0.231. The zero-order chi connectivity index (χ0) is 22.4. The number of nitrogens with zero attached hydrogens (tertiary/aromatic N) is 1. The first-order valence-electron chi connectivity index (χ1n) is 8.90. The molecule has 0 spiro atoms. The first kappa shape index (κ1) is 23.2. The van der Waals surface area contributed by atoms with E-state index in [1.165, 1.54) is 0 Å². The zero-order valence-corrected chi connectivity index (χ0v) is 19.7. The predicted molar refractivity (Wildman–Crippen MR) is 130 cm³/mol. The van der Waals surface area contributed by atoms with Crippen LogP contribution in [0.3, 0.4) is 0 Å². The van der Waals surface area contributed by atoms with Gasteiger partial charge in [0.1, 0.15) is 5.75 Å². The largest absolute Gasteiger partial charge is 0.483 e. The second-order valence-electron chi connectivity index (χ2n) is 6.32. The Hall–Kier alpha value is -2.49. The first-order valence-corrected chi connectivity index (χ1v) is 10.8. The molecule has 8 heteroatoms. The van der Waals surface area contributed by atoms with E-state index >= 15 is 0 Å². The smallest absolute Gasteiger partial charge is 0.262 e. The van der Waals surface area contributed by atoms with Gasteiger partial charge in [0, 0.05) is 20.7 Å². The molecule has 0 saturated heterocycles. The molecule has 1 N–H and O–H groups in total. The standard InChI is InChI=1S/C23H14BrCl3N2O2/c24-17-3-8-22(31-13-23(30)29-19-6-7-20(26)21(27)11-19)15(10-17)9-16(12-28)14-1-4-18(25)5-2-14/h1-11H,13H2,(H,29,30)/b16-9+. The number of nitrogens with one attached hydrogen (secondary N) is 1. The molecule has 0 heterocycles. The van der Waals surface area contributed by atoms with Crippen molar-refractivity contribution in [1.29, 1.82) is 5.26 Å². The number of ether oxygens (including phenoxy) is 1. The highest BCUT2D eigenvalue weighted by Crippen LogP contribution is 2.29. The molecule has 0 aromatic heterocycles. The van der Waals surface area contributed by atoms with Crippen molar-refractivity contribution in [3.63, 3.8) is 0 Å². The van der Waals surface area contributed by atoms with Crippen LogP contribution < -0.4 is 10.1 Å². The number of carbonyl (C=O) groups is 1. The summed E-state index contributed by atoms with van der Waals surface area (Å²) in [5.41, 5.74) is 2.30. The van der Waals surface area contributed by atoms with Crippen LogP contribution in [-0.2, 0) is 4.79 Å². The minimum Gasteiger partial charge on any atom is -0.483 e. The number of amides is 1. The molecule has 31 heavy (non-hydrogen) atoms. The highest BCUT2D eigenvalue weighted by molar-refractivity contribution is 9.10. The van der Waals surface area contributed by atoms with Gasteiger partial charge in [0.2, 0.25) is 0 Å². The summed E-state index contributed by atoms with van der Waals surface area (Å²) in [4.78, 5) is 12.3. The third kappa shape index (κ3) is 6.49. The van der Waals surface area contributed by atoms with E-state index in [9.17, 15) is 10.1 Å². The van der Waals surface area contributed by atoms with E-state index in [1.807, 2.05) is 0 Å². The first-order chi connectivity index (χ1) is 14.9. The van der Waals surface area contributed by atoms with Crippen LogP contribution >= 0.6 is 50.7 Å². The summed E-state index contributed by atoms with van der Waals surface area (Å²) in [6.07, 6.45) is 1.69. The van der Waals surface area contributed by atoms with Crippen LogP contribution in [0.2, 0.25) is 15.1 Å². The molecule has 0 aliphatic heterocycles. The van der Waals surface area contributed by atoms with Crippen molar-refractivity contribution in [3.05, 3.63) is 91.3 Å². The quantitative estimate of drug-likeness (QED) is 0.262. The number of halogens is 4. The monoisotopic (exact) mass is 534 g/mol. The number of anilines is 1. The number of hydrogen-bond donors (Lipinski definition) is 1. The van der Waals surface area contributed by atoms with Crippen molar-refractivity contribution in [2.24, 2.45) is 0 Å². The Bertz CT molecular complexity index is 1190. The molecule has 1 amide bonds. The normalized spacial score (nSPS) is 11.0. The molecular weight excluding hydrogens is 523 g/mol. The summed E-state index contributed by atoms with van der Waals surface area (Å²) in [6, 6.07) is 19.3. The number of rotatable bonds is 6. The molecule has 0 fully saturated rings. The van der Waals surface area contributed by atoms with Crippen LogP contribution in [0, 0.1) is 11.3 Å². The lowest BCUT2D eigenvalue weighted by atomic mass is 10.0. The van der Waals surface area contributed by atoms with E-state index in [0.29, 0.717) is 37.6 Å². The van der Waals surface area contributed by atoms with Crippen LogP contribution in [0.15, 0.2) is 65.1 Å². The maximum absolute atomic E-state index is 12.3. The Balaban J connectivity index is 1.78. The van der Waals surface area contributed by atoms with E-state index < -0.39 is 0 Å². The van der Waals surface area contributed by atoms with Gasteiger partial charge in [-0.25, -0.2) is 0 Å². The minimum absolute atomic E-state index is 0.231. The molecule has 0 unspecified atom stereocenters. The molecule has 156 valence electrons. The summed E-state index contributed by atoms with van der Waals surface area (Å²) in [5.74, 6) is 0.0867. The average Bonchev–Trinajstić information content (AvgIpc) is 2.74. The molecule has 0 bridgehead atoms. The number of hydrogen-bond acceptors (Lipinski definition) is 3. The van der Waals surface area contributed by atoms with Crippen molar-refractivity contribution in [2.75, 3.05) is 11.9 Å². The van der Waals surface area contributed by atoms with Crippen LogP contribution in [0.25, 0.3) is 11.6 Å². The highest BCUT2D eigenvalue weighted by atomic mass is 79.9. The molecule has 4 nitrogen and oxygen atoms in total. The highest BCUT2D eigenvalue weighted by Gasteiger charge is 2.10. The summed E-state index contributed by atoms with van der Waals surface area (Å²) in [7, 11) is 0. The topological polar surface area (TPSA) is 62.1 Å². The van der Waals surface area contributed by atoms with Crippen LogP contribution in [-0.4, -0.2) is 12.5 Å². The Morgan fingerprint density at radius 2 is 1.77 bits per heavy atom. The van der Waals surface area contributed by atoms with Gasteiger partial charge in [0.05, 0.1) is 21.7 Å². The fraction of sp³-hybridized carbons (Fsp3) is 0.0435. The third-order valence-corrected chi connectivity index (χ3v) is 5.59. The van der Waals surface area contributed by atoms with Crippen LogP contribution in [0.5, 0.6) is 5.75 Å². The summed E-state index contributed by atoms with van der Waals surface area (Å²) < 4.78 is 6.52.